The van der Waals surface area contributed by atoms with E-state index in [1.165, 1.54) is 6.42 Å². The zero-order valence-corrected chi connectivity index (χ0v) is 10.9. The predicted molar refractivity (Wildman–Crippen MR) is 63.3 cm³/mol. The molecule has 1 fully saturated rings. The maximum Gasteiger partial charge on any atom is 0.431 e. The van der Waals surface area contributed by atoms with Crippen LogP contribution in [0.5, 0.6) is 0 Å². The van der Waals surface area contributed by atoms with Crippen LogP contribution in [0.2, 0.25) is 0 Å². The molecule has 1 atom stereocenters. The number of hydrogen-bond acceptors (Lipinski definition) is 4. The fraction of sp³-hybridized carbons (Fsp3) is 0.917. The molecule has 1 aliphatic rings. The Hall–Kier alpha value is -0.810. The first-order chi connectivity index (χ1) is 7.92. The summed E-state index contributed by atoms with van der Waals surface area (Å²) < 4.78 is 5.06. The Balaban J connectivity index is 2.28. The fourth-order valence-corrected chi connectivity index (χ4v) is 1.75. The van der Waals surface area contributed by atoms with Gasteiger partial charge in [0.1, 0.15) is 5.60 Å². The molecule has 1 saturated carbocycles. The molecule has 17 heavy (non-hydrogen) atoms. The van der Waals surface area contributed by atoms with Gasteiger partial charge in [0.05, 0.1) is 6.10 Å². The lowest BCUT2D eigenvalue weighted by molar-refractivity contribution is -0.0841. The third-order valence-electron chi connectivity index (χ3n) is 2.78. The summed E-state index contributed by atoms with van der Waals surface area (Å²) in [4.78, 5) is 16.7. The Morgan fingerprint density at radius 1 is 1.47 bits per heavy atom. The number of ether oxygens (including phenoxy) is 1. The maximum absolute atomic E-state index is 11.4. The van der Waals surface area contributed by atoms with E-state index in [4.69, 9.17) is 14.7 Å². The number of hydrogen-bond donors (Lipinski definition) is 2. The van der Waals surface area contributed by atoms with Crippen molar-refractivity contribution in [3.63, 3.8) is 0 Å². The third kappa shape index (κ3) is 5.37. The molecule has 1 amide bonds. The summed E-state index contributed by atoms with van der Waals surface area (Å²) in [7, 11) is 0. The quantitative estimate of drug-likeness (QED) is 0.727. The Kier molecular flexibility index (Phi) is 5.21. The first-order valence-corrected chi connectivity index (χ1v) is 6.18. The SMILES string of the molecule is CC(C)(C)OC(=O)NOC(CCO)C1CCC1. The van der Waals surface area contributed by atoms with Gasteiger partial charge in [-0.15, -0.1) is 0 Å². The summed E-state index contributed by atoms with van der Waals surface area (Å²) in [5, 5.41) is 8.93. The molecule has 1 rings (SSSR count). The number of aliphatic hydroxyl groups excluding tert-OH is 1. The first kappa shape index (κ1) is 14.3. The first-order valence-electron chi connectivity index (χ1n) is 6.18. The average Bonchev–Trinajstić information content (AvgIpc) is 2.08. The van der Waals surface area contributed by atoms with Crippen LogP contribution < -0.4 is 5.48 Å². The fourth-order valence-electron chi connectivity index (χ4n) is 1.75. The second kappa shape index (κ2) is 6.21. The van der Waals surface area contributed by atoms with Crippen LogP contribution in [0.3, 0.4) is 0 Å². The second-order valence-electron chi connectivity index (χ2n) is 5.46. The lowest BCUT2D eigenvalue weighted by atomic mass is 9.80. The number of carbonyl (C=O) groups is 1. The molecule has 0 bridgehead atoms. The smallest absolute Gasteiger partial charge is 0.431 e. The van der Waals surface area contributed by atoms with Crippen molar-refractivity contribution in [1.29, 1.82) is 0 Å². The van der Waals surface area contributed by atoms with Crippen LogP contribution in [0.25, 0.3) is 0 Å². The van der Waals surface area contributed by atoms with Crippen LogP contribution in [-0.2, 0) is 9.57 Å². The van der Waals surface area contributed by atoms with Crippen LogP contribution in [0.1, 0.15) is 46.5 Å². The highest BCUT2D eigenvalue weighted by Gasteiger charge is 2.29. The van der Waals surface area contributed by atoms with Gasteiger partial charge in [0.15, 0.2) is 0 Å². The van der Waals surface area contributed by atoms with Crippen LogP contribution in [0, 0.1) is 5.92 Å². The molecule has 2 N–H and O–H groups in total. The average molecular weight is 245 g/mol. The molecule has 0 radical (unpaired) electrons. The van der Waals surface area contributed by atoms with Crippen molar-refractivity contribution < 1.29 is 19.5 Å². The minimum absolute atomic E-state index is 0.0666. The summed E-state index contributed by atoms with van der Waals surface area (Å²) in [5.74, 6) is 0.442. The molecule has 0 aromatic rings. The Morgan fingerprint density at radius 3 is 2.53 bits per heavy atom. The largest absolute Gasteiger partial charge is 0.442 e. The molecule has 0 heterocycles. The van der Waals surface area contributed by atoms with Gasteiger partial charge in [-0.05, 0) is 46.0 Å². The van der Waals surface area contributed by atoms with Crippen LogP contribution in [0.15, 0.2) is 0 Å². The van der Waals surface area contributed by atoms with E-state index in [-0.39, 0.29) is 12.7 Å². The standard InChI is InChI=1S/C12H23NO4/c1-12(2,3)16-11(15)13-17-10(7-8-14)9-5-4-6-9/h9-10,14H,4-8H2,1-3H3,(H,13,15). The van der Waals surface area contributed by atoms with E-state index in [0.29, 0.717) is 12.3 Å². The highest BCUT2D eigenvalue weighted by Crippen LogP contribution is 2.32. The van der Waals surface area contributed by atoms with E-state index in [1.54, 1.807) is 20.8 Å². The summed E-state index contributed by atoms with van der Waals surface area (Å²) in [6.07, 6.45) is 3.24. The Bertz CT molecular complexity index is 245. The molecular weight excluding hydrogens is 222 g/mol. The summed E-state index contributed by atoms with van der Waals surface area (Å²) in [6.45, 7) is 5.45. The maximum atomic E-state index is 11.4. The minimum atomic E-state index is -0.584. The van der Waals surface area contributed by atoms with E-state index in [0.717, 1.165) is 12.8 Å². The lowest BCUT2D eigenvalue weighted by Gasteiger charge is -2.32. The molecule has 0 aromatic heterocycles. The van der Waals surface area contributed by atoms with Gasteiger partial charge in [-0.3, -0.25) is 4.84 Å². The van der Waals surface area contributed by atoms with Gasteiger partial charge in [-0.2, -0.15) is 5.48 Å². The molecule has 100 valence electrons. The number of rotatable bonds is 5. The van der Waals surface area contributed by atoms with Crippen LogP contribution >= 0.6 is 0 Å². The van der Waals surface area contributed by atoms with Crippen molar-refractivity contribution in [2.45, 2.75) is 58.2 Å². The van der Waals surface area contributed by atoms with Crippen LogP contribution in [-0.4, -0.2) is 29.5 Å². The lowest BCUT2D eigenvalue weighted by Crippen LogP contribution is -2.39. The molecule has 1 unspecified atom stereocenters. The molecule has 0 aliphatic heterocycles. The van der Waals surface area contributed by atoms with Gasteiger partial charge in [-0.25, -0.2) is 4.79 Å². The molecule has 0 saturated heterocycles. The van der Waals surface area contributed by atoms with Gasteiger partial charge in [0, 0.05) is 6.61 Å². The molecule has 1 aliphatic carbocycles. The Morgan fingerprint density at radius 2 is 2.12 bits per heavy atom. The normalized spacial score (nSPS) is 18.4. The third-order valence-corrected chi connectivity index (χ3v) is 2.78. The zero-order chi connectivity index (χ0) is 12.9. The van der Waals surface area contributed by atoms with Crippen molar-refractivity contribution in [2.75, 3.05) is 6.61 Å². The van der Waals surface area contributed by atoms with E-state index in [2.05, 4.69) is 5.48 Å². The molecule has 0 spiro atoms. The van der Waals surface area contributed by atoms with Crippen molar-refractivity contribution in [3.8, 4) is 0 Å². The topological polar surface area (TPSA) is 67.8 Å². The number of hydroxylamine groups is 1. The van der Waals surface area contributed by atoms with Gasteiger partial charge in [0.2, 0.25) is 0 Å². The summed E-state index contributed by atoms with van der Waals surface area (Å²) in [5.41, 5.74) is 1.77. The van der Waals surface area contributed by atoms with Crippen molar-refractivity contribution in [2.24, 2.45) is 5.92 Å². The highest BCUT2D eigenvalue weighted by atomic mass is 16.7. The van der Waals surface area contributed by atoms with E-state index < -0.39 is 11.7 Å². The zero-order valence-electron chi connectivity index (χ0n) is 10.9. The van der Waals surface area contributed by atoms with E-state index >= 15 is 0 Å². The highest BCUT2D eigenvalue weighted by molar-refractivity contribution is 5.66. The van der Waals surface area contributed by atoms with E-state index in [9.17, 15) is 4.79 Å². The van der Waals surface area contributed by atoms with Crippen molar-refractivity contribution in [1.82, 2.24) is 5.48 Å². The number of nitrogens with one attached hydrogen (secondary N) is 1. The predicted octanol–water partition coefficient (Wildman–Crippen LogP) is 1.99. The minimum Gasteiger partial charge on any atom is -0.442 e. The number of amides is 1. The molecular formula is C12H23NO4. The number of aliphatic hydroxyl groups is 1. The van der Waals surface area contributed by atoms with E-state index in [1.807, 2.05) is 0 Å². The van der Waals surface area contributed by atoms with Gasteiger partial charge >= 0.3 is 6.09 Å². The van der Waals surface area contributed by atoms with Gasteiger partial charge < -0.3 is 9.84 Å². The second-order valence-corrected chi connectivity index (χ2v) is 5.46. The molecule has 5 nitrogen and oxygen atoms in total. The summed E-state index contributed by atoms with van der Waals surface area (Å²) in [6, 6.07) is 0. The van der Waals surface area contributed by atoms with Crippen LogP contribution in [0.4, 0.5) is 4.79 Å². The molecule has 5 heteroatoms. The monoisotopic (exact) mass is 245 g/mol. The number of carbonyl (C=O) groups excluding carboxylic acids is 1. The van der Waals surface area contributed by atoms with Gasteiger partial charge in [-0.1, -0.05) is 6.42 Å². The molecule has 0 aromatic carbocycles. The van der Waals surface area contributed by atoms with Gasteiger partial charge in [0.25, 0.3) is 0 Å². The van der Waals surface area contributed by atoms with Crippen molar-refractivity contribution >= 4 is 6.09 Å². The summed E-state index contributed by atoms with van der Waals surface area (Å²) >= 11 is 0. The van der Waals surface area contributed by atoms with Crippen molar-refractivity contribution in [3.05, 3.63) is 0 Å². The Labute approximate surface area is 102 Å².